The summed E-state index contributed by atoms with van der Waals surface area (Å²) in [5.41, 5.74) is -0.805. The molecule has 0 spiro atoms. The minimum absolute atomic E-state index is 0.130. The fourth-order valence-electron chi connectivity index (χ4n) is 10.1. The third-order valence-electron chi connectivity index (χ3n) is 13.5. The van der Waals surface area contributed by atoms with Crippen LogP contribution in [0.3, 0.4) is 0 Å². The maximum absolute atomic E-state index is 13.1. The summed E-state index contributed by atoms with van der Waals surface area (Å²) in [7, 11) is 0. The normalized spacial score (nSPS) is 37.1. The molecule has 2 rings (SSSR count). The lowest BCUT2D eigenvalue weighted by molar-refractivity contribution is -0.188. The number of unbranched alkanes of at least 4 members (excludes halogenated alkanes) is 3. The number of likely N-dealkylation sites (tertiary alicyclic amines) is 2. The van der Waals surface area contributed by atoms with Gasteiger partial charge in [0.2, 0.25) is 11.8 Å². The molecule has 8 nitrogen and oxygen atoms in total. The van der Waals surface area contributed by atoms with Crippen molar-refractivity contribution in [2.75, 3.05) is 13.1 Å². The quantitative estimate of drug-likeness (QED) is 0.185. The van der Waals surface area contributed by atoms with Crippen LogP contribution in [0.5, 0.6) is 0 Å². The summed E-state index contributed by atoms with van der Waals surface area (Å²) in [5.74, 6) is 0.726. The van der Waals surface area contributed by atoms with Gasteiger partial charge in [-0.25, -0.2) is 0 Å². The monoisotopic (exact) mass is 651 g/mol. The van der Waals surface area contributed by atoms with Crippen LogP contribution in [0.15, 0.2) is 0 Å². The molecule has 0 saturated carbocycles. The molecule has 2 amide bonds. The van der Waals surface area contributed by atoms with Crippen molar-refractivity contribution in [3.8, 4) is 0 Å². The molecule has 0 aromatic heterocycles. The topological polar surface area (TPSA) is 87.6 Å². The number of aliphatic hydroxyl groups is 2. The van der Waals surface area contributed by atoms with Crippen molar-refractivity contribution in [1.29, 1.82) is 0 Å². The highest BCUT2D eigenvalue weighted by molar-refractivity contribution is 5.74. The number of carbonyl (C=O) groups excluding carboxylic acids is 2. The van der Waals surface area contributed by atoms with Gasteiger partial charge in [-0.1, -0.05) is 54.4 Å². The first-order chi connectivity index (χ1) is 21.3. The van der Waals surface area contributed by atoms with Gasteiger partial charge >= 0.3 is 0 Å². The van der Waals surface area contributed by atoms with Gasteiger partial charge in [0.05, 0.1) is 0 Å². The van der Waals surface area contributed by atoms with Crippen molar-refractivity contribution < 1.29 is 19.8 Å². The Morgan fingerprint density at radius 3 is 1.17 bits per heavy atom. The van der Waals surface area contributed by atoms with E-state index in [1.54, 1.807) is 13.8 Å². The molecule has 10 atom stereocenters. The molecule has 2 fully saturated rings. The van der Waals surface area contributed by atoms with Crippen LogP contribution in [-0.4, -0.2) is 101 Å². The molecule has 0 aliphatic carbocycles. The Balaban J connectivity index is 2.11. The van der Waals surface area contributed by atoms with Crippen LogP contribution < -0.4 is 0 Å². The predicted molar refractivity (Wildman–Crippen MR) is 190 cm³/mol. The zero-order chi connectivity index (χ0) is 35.4. The van der Waals surface area contributed by atoms with Gasteiger partial charge in [0.25, 0.3) is 0 Å². The molecule has 2 N–H and O–H groups in total. The van der Waals surface area contributed by atoms with Crippen molar-refractivity contribution in [1.82, 2.24) is 19.6 Å². The average molecular weight is 651 g/mol. The van der Waals surface area contributed by atoms with E-state index < -0.39 is 12.5 Å². The molecule has 2 heterocycles. The summed E-state index contributed by atoms with van der Waals surface area (Å²) in [6, 6.07) is 0.260. The Bertz CT molecular complexity index is 929. The van der Waals surface area contributed by atoms with Gasteiger partial charge in [0, 0.05) is 61.2 Å². The highest BCUT2D eigenvalue weighted by Crippen LogP contribution is 2.49. The number of carbonyl (C=O) groups is 2. The molecule has 10 unspecified atom stereocenters. The molecule has 2 aliphatic rings. The van der Waals surface area contributed by atoms with E-state index in [1.807, 2.05) is 13.8 Å². The lowest BCUT2D eigenvalue weighted by atomic mass is 9.66. The van der Waals surface area contributed by atoms with Crippen molar-refractivity contribution in [2.45, 2.75) is 208 Å². The molecule has 8 heteroatoms. The number of rotatable bonds is 15. The van der Waals surface area contributed by atoms with Crippen LogP contribution in [0.2, 0.25) is 0 Å². The van der Waals surface area contributed by atoms with Gasteiger partial charge in [-0.15, -0.1) is 0 Å². The van der Waals surface area contributed by atoms with E-state index in [1.165, 1.54) is 0 Å². The SMILES string of the molecule is CCC1(C)CC(N(CCCCCCN(C(C)=O)C2CC(C)(CC)N(C(C)O)C(C)(CC)C2C)C(C)=O)C(C)C(C)(CC)N1C(C)O. The Hall–Kier alpha value is -1.22. The van der Waals surface area contributed by atoms with Crippen LogP contribution >= 0.6 is 0 Å². The number of aliphatic hydroxyl groups excluding tert-OH is 2. The van der Waals surface area contributed by atoms with Crippen LogP contribution in [0.1, 0.15) is 161 Å². The largest absolute Gasteiger partial charge is 0.379 e. The summed E-state index contributed by atoms with van der Waals surface area (Å²) < 4.78 is 0. The van der Waals surface area contributed by atoms with Crippen LogP contribution in [0.4, 0.5) is 0 Å². The summed E-state index contributed by atoms with van der Waals surface area (Å²) in [6.45, 7) is 31.1. The summed E-state index contributed by atoms with van der Waals surface area (Å²) >= 11 is 0. The number of nitrogens with zero attached hydrogens (tertiary/aromatic N) is 4. The predicted octanol–water partition coefficient (Wildman–Crippen LogP) is 7.02. The third kappa shape index (κ3) is 7.81. The van der Waals surface area contributed by atoms with E-state index in [4.69, 9.17) is 0 Å². The van der Waals surface area contributed by atoms with E-state index in [9.17, 15) is 19.8 Å². The Morgan fingerprint density at radius 1 is 0.652 bits per heavy atom. The number of hydrogen-bond acceptors (Lipinski definition) is 6. The molecule has 0 bridgehead atoms. The zero-order valence-electron chi connectivity index (χ0n) is 32.4. The smallest absolute Gasteiger partial charge is 0.219 e. The van der Waals surface area contributed by atoms with Crippen molar-refractivity contribution in [3.05, 3.63) is 0 Å². The molecule has 2 saturated heterocycles. The molecule has 46 heavy (non-hydrogen) atoms. The Kier molecular flexibility index (Phi) is 14.2. The highest BCUT2D eigenvalue weighted by atomic mass is 16.3. The van der Waals surface area contributed by atoms with E-state index in [0.29, 0.717) is 0 Å². The maximum atomic E-state index is 13.1. The Morgan fingerprint density at radius 2 is 0.957 bits per heavy atom. The molecule has 270 valence electrons. The fourth-order valence-corrected chi connectivity index (χ4v) is 10.1. The number of hydrogen-bond donors (Lipinski definition) is 2. The average Bonchev–Trinajstić information content (AvgIpc) is 2.98. The van der Waals surface area contributed by atoms with Crippen LogP contribution in [-0.2, 0) is 9.59 Å². The molecule has 2 aliphatic heterocycles. The van der Waals surface area contributed by atoms with Gasteiger partial charge in [-0.05, 0) is 105 Å². The summed E-state index contributed by atoms with van der Waals surface area (Å²) in [6.07, 6.45) is 8.21. The van der Waals surface area contributed by atoms with Gasteiger partial charge in [0.15, 0.2) is 0 Å². The summed E-state index contributed by atoms with van der Waals surface area (Å²) in [5, 5.41) is 21.8. The third-order valence-corrected chi connectivity index (χ3v) is 13.5. The molecular formula is C38H74N4O4. The van der Waals surface area contributed by atoms with E-state index in [-0.39, 0.29) is 57.9 Å². The van der Waals surface area contributed by atoms with Crippen molar-refractivity contribution >= 4 is 11.8 Å². The van der Waals surface area contributed by atoms with Gasteiger partial charge in [-0.2, -0.15) is 0 Å². The zero-order valence-corrected chi connectivity index (χ0v) is 32.4. The second-order valence-electron chi connectivity index (χ2n) is 16.1. The van der Waals surface area contributed by atoms with Crippen LogP contribution in [0.25, 0.3) is 0 Å². The second-order valence-corrected chi connectivity index (χ2v) is 16.1. The molecular weight excluding hydrogens is 576 g/mol. The molecule has 0 aromatic carbocycles. The second kappa shape index (κ2) is 16.0. The van der Waals surface area contributed by atoms with Crippen LogP contribution in [0, 0.1) is 11.8 Å². The lowest BCUT2D eigenvalue weighted by Gasteiger charge is -2.63. The minimum atomic E-state index is -0.543. The van der Waals surface area contributed by atoms with Gasteiger partial charge in [-0.3, -0.25) is 19.4 Å². The van der Waals surface area contributed by atoms with Gasteiger partial charge in [0.1, 0.15) is 12.5 Å². The van der Waals surface area contributed by atoms with Crippen molar-refractivity contribution in [3.63, 3.8) is 0 Å². The highest BCUT2D eigenvalue weighted by Gasteiger charge is 2.56. The Labute approximate surface area is 283 Å². The lowest BCUT2D eigenvalue weighted by Crippen LogP contribution is -2.72. The van der Waals surface area contributed by atoms with Gasteiger partial charge < -0.3 is 20.0 Å². The molecule has 0 radical (unpaired) electrons. The van der Waals surface area contributed by atoms with E-state index >= 15 is 0 Å². The first kappa shape index (κ1) is 41.0. The standard InChI is InChI=1S/C38H74N4O4/c1-15-35(11)25-33(27(5)37(13,17-3)41(35)31(9)45)39(29(7)43)23-21-19-20-22-24-40(30(8)44)34-26-36(12,16-2)42(32(10)46)38(14,18-4)28(34)6/h27-28,31-34,45-46H,15-26H2,1-14H3. The number of piperidine rings is 2. The van der Waals surface area contributed by atoms with Crippen molar-refractivity contribution in [2.24, 2.45) is 11.8 Å². The minimum Gasteiger partial charge on any atom is -0.379 e. The number of amides is 2. The first-order valence-corrected chi connectivity index (χ1v) is 18.8. The fraction of sp³-hybridized carbons (Fsp3) is 0.947. The van der Waals surface area contributed by atoms with E-state index in [2.05, 4.69) is 88.8 Å². The summed E-state index contributed by atoms with van der Waals surface area (Å²) in [4.78, 5) is 35.1. The molecule has 0 aromatic rings. The van der Waals surface area contributed by atoms with E-state index in [0.717, 1.165) is 77.3 Å². The maximum Gasteiger partial charge on any atom is 0.219 e. The first-order valence-electron chi connectivity index (χ1n) is 18.8.